The van der Waals surface area contributed by atoms with Crippen LogP contribution in [0, 0.1) is 0 Å². The lowest BCUT2D eigenvalue weighted by molar-refractivity contribution is -0.133. The van der Waals surface area contributed by atoms with Gasteiger partial charge in [0.05, 0.1) is 11.1 Å². The van der Waals surface area contributed by atoms with Crippen molar-refractivity contribution < 1.29 is 19.1 Å². The third kappa shape index (κ3) is 4.74. The van der Waals surface area contributed by atoms with Crippen LogP contribution in [0.2, 0.25) is 0 Å². The Bertz CT molecular complexity index is 517. The Morgan fingerprint density at radius 3 is 2.57 bits per heavy atom. The maximum Gasteiger partial charge on any atom is 0.260 e. The van der Waals surface area contributed by atoms with Crippen molar-refractivity contribution in [2.45, 2.75) is 26.8 Å². The van der Waals surface area contributed by atoms with Gasteiger partial charge in [0, 0.05) is 18.7 Å². The molecule has 0 aliphatic carbocycles. The first kappa shape index (κ1) is 17.5. The van der Waals surface area contributed by atoms with Gasteiger partial charge >= 0.3 is 0 Å². The second kappa shape index (κ2) is 8.02. The van der Waals surface area contributed by atoms with Gasteiger partial charge in [-0.15, -0.1) is 0 Å². The molecule has 0 radical (unpaired) electrons. The molecule has 6 heteroatoms. The lowest BCUT2D eigenvalue weighted by atomic mass is 10.2. The third-order valence-corrected chi connectivity index (χ3v) is 3.56. The number of carbonyl (C=O) groups excluding carboxylic acids is 2. The maximum absolute atomic E-state index is 12.0. The summed E-state index contributed by atoms with van der Waals surface area (Å²) in [4.78, 5) is 24.4. The highest BCUT2D eigenvalue weighted by atomic mass is 79.9. The van der Waals surface area contributed by atoms with Crippen molar-refractivity contribution in [3.63, 3.8) is 0 Å². The largest absolute Gasteiger partial charge is 0.490 e. The minimum atomic E-state index is -0.126. The van der Waals surface area contributed by atoms with Crippen molar-refractivity contribution in [1.29, 1.82) is 0 Å². The zero-order chi connectivity index (χ0) is 16.0. The van der Waals surface area contributed by atoms with Gasteiger partial charge in [0.2, 0.25) is 0 Å². The van der Waals surface area contributed by atoms with E-state index in [1.54, 1.807) is 24.1 Å². The van der Waals surface area contributed by atoms with Crippen LogP contribution in [0.4, 0.5) is 0 Å². The molecule has 1 aromatic carbocycles. The molecule has 1 aromatic rings. The fourth-order valence-corrected chi connectivity index (χ4v) is 2.16. The molecule has 0 unspecified atom stereocenters. The average molecular weight is 358 g/mol. The van der Waals surface area contributed by atoms with E-state index in [2.05, 4.69) is 15.9 Å². The highest BCUT2D eigenvalue weighted by Crippen LogP contribution is 2.36. The fourth-order valence-electron chi connectivity index (χ4n) is 1.58. The van der Waals surface area contributed by atoms with E-state index in [9.17, 15) is 9.59 Å². The summed E-state index contributed by atoms with van der Waals surface area (Å²) in [6.45, 7) is 6.04. The summed E-state index contributed by atoms with van der Waals surface area (Å²) in [5, 5.41) is 0. The number of benzene rings is 1. The minimum absolute atomic E-state index is 0.0895. The number of hydrogen-bond donors (Lipinski definition) is 0. The molecule has 0 aromatic heterocycles. The monoisotopic (exact) mass is 357 g/mol. The van der Waals surface area contributed by atoms with E-state index in [0.29, 0.717) is 28.1 Å². The number of rotatable bonds is 7. The number of ether oxygens (including phenoxy) is 2. The lowest BCUT2D eigenvalue weighted by Gasteiger charge is -2.22. The van der Waals surface area contributed by atoms with Gasteiger partial charge in [-0.05, 0) is 48.8 Å². The average Bonchev–Trinajstić information content (AvgIpc) is 2.45. The fraction of sp³-hybridized carbons (Fsp3) is 0.467. The minimum Gasteiger partial charge on any atom is -0.490 e. The first-order valence-corrected chi connectivity index (χ1v) is 7.50. The van der Waals surface area contributed by atoms with Crippen LogP contribution in [0.1, 0.15) is 31.1 Å². The Morgan fingerprint density at radius 2 is 2.05 bits per heavy atom. The number of likely N-dealkylation sites (N-methyl/N-ethyl adjacent to an activating group) is 1. The van der Waals surface area contributed by atoms with Crippen LogP contribution in [0.25, 0.3) is 0 Å². The van der Waals surface area contributed by atoms with Crippen molar-refractivity contribution in [1.82, 2.24) is 4.90 Å². The topological polar surface area (TPSA) is 55.8 Å². The first-order valence-electron chi connectivity index (χ1n) is 6.70. The molecular formula is C15H20BrNO4. The molecule has 5 nitrogen and oxygen atoms in total. The molecule has 0 N–H and O–H groups in total. The summed E-state index contributed by atoms with van der Waals surface area (Å²) in [6.07, 6.45) is 0.731. The molecule has 0 aliphatic rings. The SMILES string of the molecule is CCOc1cc(C=O)cc(Br)c1OCC(=O)N(C)C(C)C. The molecular weight excluding hydrogens is 338 g/mol. The van der Waals surface area contributed by atoms with Gasteiger partial charge < -0.3 is 14.4 Å². The van der Waals surface area contributed by atoms with Crippen molar-refractivity contribution >= 4 is 28.1 Å². The van der Waals surface area contributed by atoms with Crippen LogP contribution in [-0.2, 0) is 4.79 Å². The van der Waals surface area contributed by atoms with Crippen LogP contribution in [-0.4, -0.2) is 43.4 Å². The Balaban J connectivity index is 2.91. The zero-order valence-electron chi connectivity index (χ0n) is 12.7. The molecule has 0 aliphatic heterocycles. The molecule has 1 rings (SSSR count). The van der Waals surface area contributed by atoms with Crippen molar-refractivity contribution in [2.24, 2.45) is 0 Å². The molecule has 0 atom stereocenters. The van der Waals surface area contributed by atoms with Crippen LogP contribution in [0.15, 0.2) is 16.6 Å². The lowest BCUT2D eigenvalue weighted by Crippen LogP contribution is -2.36. The van der Waals surface area contributed by atoms with E-state index in [0.717, 1.165) is 6.29 Å². The van der Waals surface area contributed by atoms with E-state index in [-0.39, 0.29) is 18.6 Å². The predicted molar refractivity (Wildman–Crippen MR) is 84.1 cm³/mol. The summed E-state index contributed by atoms with van der Waals surface area (Å²) in [5.74, 6) is 0.737. The molecule has 0 fully saturated rings. The Hall–Kier alpha value is -1.56. The van der Waals surface area contributed by atoms with Gasteiger partial charge in [-0.2, -0.15) is 0 Å². The van der Waals surface area contributed by atoms with Gasteiger partial charge in [-0.25, -0.2) is 0 Å². The van der Waals surface area contributed by atoms with Gasteiger partial charge in [-0.1, -0.05) is 0 Å². The van der Waals surface area contributed by atoms with E-state index < -0.39 is 0 Å². The van der Waals surface area contributed by atoms with Crippen molar-refractivity contribution in [2.75, 3.05) is 20.3 Å². The second-order valence-electron chi connectivity index (χ2n) is 4.77. The molecule has 1 amide bonds. The predicted octanol–water partition coefficient (Wildman–Crippen LogP) is 2.91. The highest BCUT2D eigenvalue weighted by molar-refractivity contribution is 9.10. The van der Waals surface area contributed by atoms with E-state index in [4.69, 9.17) is 9.47 Å². The smallest absolute Gasteiger partial charge is 0.260 e. The quantitative estimate of drug-likeness (QED) is 0.704. The normalized spacial score (nSPS) is 10.4. The van der Waals surface area contributed by atoms with E-state index >= 15 is 0 Å². The summed E-state index contributed by atoms with van der Waals surface area (Å²) < 4.78 is 11.6. The van der Waals surface area contributed by atoms with Crippen LogP contribution in [0.3, 0.4) is 0 Å². The number of halogens is 1. The molecule has 21 heavy (non-hydrogen) atoms. The van der Waals surface area contributed by atoms with Crippen LogP contribution >= 0.6 is 15.9 Å². The van der Waals surface area contributed by atoms with Crippen LogP contribution in [0.5, 0.6) is 11.5 Å². The highest BCUT2D eigenvalue weighted by Gasteiger charge is 2.16. The first-order chi connectivity index (χ1) is 9.90. The van der Waals surface area contributed by atoms with E-state index in [1.165, 1.54) is 0 Å². The van der Waals surface area contributed by atoms with Gasteiger partial charge in [0.25, 0.3) is 5.91 Å². The zero-order valence-corrected chi connectivity index (χ0v) is 14.3. The maximum atomic E-state index is 12.0. The van der Waals surface area contributed by atoms with E-state index in [1.807, 2.05) is 20.8 Å². The molecule has 0 spiro atoms. The molecule has 116 valence electrons. The molecule has 0 saturated carbocycles. The van der Waals surface area contributed by atoms with Gasteiger partial charge in [0.1, 0.15) is 6.29 Å². The number of aldehydes is 1. The Morgan fingerprint density at radius 1 is 1.38 bits per heavy atom. The second-order valence-corrected chi connectivity index (χ2v) is 5.62. The standard InChI is InChI=1S/C15H20BrNO4/c1-5-20-13-7-11(8-18)6-12(16)15(13)21-9-14(19)17(4)10(2)3/h6-8,10H,5,9H2,1-4H3. The summed E-state index contributed by atoms with van der Waals surface area (Å²) >= 11 is 3.34. The summed E-state index contributed by atoms with van der Waals surface area (Å²) in [5.41, 5.74) is 0.475. The summed E-state index contributed by atoms with van der Waals surface area (Å²) in [7, 11) is 1.73. The van der Waals surface area contributed by atoms with Gasteiger partial charge in [-0.3, -0.25) is 9.59 Å². The third-order valence-electron chi connectivity index (χ3n) is 2.98. The molecule has 0 bridgehead atoms. The van der Waals surface area contributed by atoms with Crippen molar-refractivity contribution in [3.05, 3.63) is 22.2 Å². The number of nitrogens with zero attached hydrogens (tertiary/aromatic N) is 1. The Kier molecular flexibility index (Phi) is 6.68. The molecule has 0 heterocycles. The number of carbonyl (C=O) groups is 2. The van der Waals surface area contributed by atoms with Crippen molar-refractivity contribution in [3.8, 4) is 11.5 Å². The van der Waals surface area contributed by atoms with Gasteiger partial charge in [0.15, 0.2) is 18.1 Å². The number of hydrogen-bond acceptors (Lipinski definition) is 4. The van der Waals surface area contributed by atoms with Crippen LogP contribution < -0.4 is 9.47 Å². The molecule has 0 saturated heterocycles. The summed E-state index contributed by atoms with van der Waals surface area (Å²) in [6, 6.07) is 3.32. The Labute approximate surface area is 133 Å². The number of amides is 1.